The molecule has 0 aliphatic carbocycles. The van der Waals surface area contributed by atoms with Gasteiger partial charge in [-0.1, -0.05) is 12.1 Å². The van der Waals surface area contributed by atoms with Gasteiger partial charge in [0.2, 0.25) is 0 Å². The van der Waals surface area contributed by atoms with Gasteiger partial charge in [0.1, 0.15) is 6.61 Å². The van der Waals surface area contributed by atoms with Gasteiger partial charge >= 0.3 is 11.9 Å². The molecule has 0 bridgehead atoms. The third-order valence-electron chi connectivity index (χ3n) is 4.23. The summed E-state index contributed by atoms with van der Waals surface area (Å²) in [6, 6.07) is 18.1. The number of methoxy groups -OCH3 is 1. The maximum Gasteiger partial charge on any atom is 0.335 e. The molecule has 0 atom stereocenters. The summed E-state index contributed by atoms with van der Waals surface area (Å²) < 4.78 is 11.2. The molecule has 30 heavy (non-hydrogen) atoms. The second kappa shape index (κ2) is 9.38. The quantitative estimate of drug-likeness (QED) is 0.538. The number of aromatic carboxylic acids is 2. The Bertz CT molecular complexity index is 1090. The highest BCUT2D eigenvalue weighted by Gasteiger charge is 2.08. The van der Waals surface area contributed by atoms with Crippen LogP contribution in [-0.4, -0.2) is 35.5 Å². The number of carboxylic acid groups (broad SMARTS) is 2. The SMILES string of the molecule is COc1cc(C=Nc2ccc(C(=O)O)cc2)ccc1OCc1cccc(C(=O)O)c1. The van der Waals surface area contributed by atoms with E-state index >= 15 is 0 Å². The number of ether oxygens (including phenoxy) is 2. The molecule has 3 aromatic rings. The van der Waals surface area contributed by atoms with Crippen LogP contribution in [0.5, 0.6) is 11.5 Å². The monoisotopic (exact) mass is 405 g/mol. The average molecular weight is 405 g/mol. The van der Waals surface area contributed by atoms with Crippen LogP contribution in [0.4, 0.5) is 5.69 Å². The van der Waals surface area contributed by atoms with Gasteiger partial charge in [0, 0.05) is 6.21 Å². The van der Waals surface area contributed by atoms with Crippen LogP contribution in [0, 0.1) is 0 Å². The van der Waals surface area contributed by atoms with Gasteiger partial charge < -0.3 is 19.7 Å². The highest BCUT2D eigenvalue weighted by atomic mass is 16.5. The first-order chi connectivity index (χ1) is 14.5. The van der Waals surface area contributed by atoms with E-state index in [0.29, 0.717) is 17.2 Å². The first-order valence-electron chi connectivity index (χ1n) is 8.97. The molecule has 0 saturated carbocycles. The van der Waals surface area contributed by atoms with Gasteiger partial charge in [-0.3, -0.25) is 4.99 Å². The van der Waals surface area contributed by atoms with E-state index in [-0.39, 0.29) is 17.7 Å². The van der Waals surface area contributed by atoms with Crippen LogP contribution in [-0.2, 0) is 6.61 Å². The van der Waals surface area contributed by atoms with Gasteiger partial charge in [-0.25, -0.2) is 9.59 Å². The Labute approximate surface area is 172 Å². The van der Waals surface area contributed by atoms with Crippen LogP contribution in [0.3, 0.4) is 0 Å². The maximum atomic E-state index is 11.1. The maximum absolute atomic E-state index is 11.1. The van der Waals surface area contributed by atoms with Crippen molar-refractivity contribution in [2.75, 3.05) is 7.11 Å². The summed E-state index contributed by atoms with van der Waals surface area (Å²) in [6.07, 6.45) is 1.64. The summed E-state index contributed by atoms with van der Waals surface area (Å²) in [7, 11) is 1.53. The van der Waals surface area contributed by atoms with Crippen molar-refractivity contribution >= 4 is 23.8 Å². The Morgan fingerprint density at radius 3 is 2.30 bits per heavy atom. The standard InChI is InChI=1S/C23H19NO6/c1-29-21-12-15(13-24-19-8-6-17(7-9-19)22(25)26)5-10-20(21)30-14-16-3-2-4-18(11-16)23(27)28/h2-13H,14H2,1H3,(H,25,26)(H,27,28). The second-order valence-electron chi connectivity index (χ2n) is 6.31. The second-order valence-corrected chi connectivity index (χ2v) is 6.31. The number of carboxylic acids is 2. The lowest BCUT2D eigenvalue weighted by Crippen LogP contribution is -2.01. The molecule has 0 amide bonds. The first kappa shape index (κ1) is 20.6. The van der Waals surface area contributed by atoms with Crippen molar-refractivity contribution in [3.8, 4) is 11.5 Å². The van der Waals surface area contributed by atoms with Crippen LogP contribution >= 0.6 is 0 Å². The number of rotatable bonds is 8. The van der Waals surface area contributed by atoms with Crippen molar-refractivity contribution in [3.63, 3.8) is 0 Å². The van der Waals surface area contributed by atoms with Crippen molar-refractivity contribution in [3.05, 3.63) is 89.0 Å². The van der Waals surface area contributed by atoms with Crippen molar-refractivity contribution in [1.29, 1.82) is 0 Å². The van der Waals surface area contributed by atoms with Crippen molar-refractivity contribution in [2.24, 2.45) is 4.99 Å². The predicted octanol–water partition coefficient (Wildman–Crippen LogP) is 4.42. The van der Waals surface area contributed by atoms with Gasteiger partial charge in [0.15, 0.2) is 11.5 Å². The van der Waals surface area contributed by atoms with Crippen LogP contribution in [0.25, 0.3) is 0 Å². The van der Waals surface area contributed by atoms with Crippen LogP contribution < -0.4 is 9.47 Å². The summed E-state index contributed by atoms with van der Waals surface area (Å²) >= 11 is 0. The zero-order valence-electron chi connectivity index (χ0n) is 16.1. The summed E-state index contributed by atoms with van der Waals surface area (Å²) in [4.78, 5) is 26.3. The molecule has 0 radical (unpaired) electrons. The van der Waals surface area contributed by atoms with Crippen LogP contribution in [0.1, 0.15) is 31.8 Å². The lowest BCUT2D eigenvalue weighted by molar-refractivity contribution is 0.0686. The molecule has 0 spiro atoms. The molecule has 7 heteroatoms. The number of nitrogens with zero attached hydrogens (tertiary/aromatic N) is 1. The number of hydrogen-bond donors (Lipinski definition) is 2. The molecule has 0 heterocycles. The summed E-state index contributed by atoms with van der Waals surface area (Å²) in [6.45, 7) is 0.195. The minimum absolute atomic E-state index is 0.195. The third kappa shape index (κ3) is 5.23. The van der Waals surface area contributed by atoms with E-state index in [1.165, 1.54) is 25.3 Å². The van der Waals surface area contributed by atoms with Gasteiger partial charge in [0.05, 0.1) is 23.9 Å². The molecule has 0 aliphatic rings. The molecule has 152 valence electrons. The number of aliphatic imine (C=N–C) groups is 1. The fourth-order valence-electron chi connectivity index (χ4n) is 2.68. The molecule has 0 aliphatic heterocycles. The van der Waals surface area contributed by atoms with E-state index in [4.69, 9.17) is 19.7 Å². The zero-order chi connectivity index (χ0) is 21.5. The Morgan fingerprint density at radius 2 is 1.63 bits per heavy atom. The third-order valence-corrected chi connectivity index (χ3v) is 4.23. The Hall–Kier alpha value is -4.13. The minimum Gasteiger partial charge on any atom is -0.493 e. The highest BCUT2D eigenvalue weighted by Crippen LogP contribution is 2.28. The van der Waals surface area contributed by atoms with E-state index in [1.807, 2.05) is 0 Å². The van der Waals surface area contributed by atoms with Crippen molar-refractivity contribution < 1.29 is 29.3 Å². The summed E-state index contributed by atoms with van der Waals surface area (Å²) in [5.41, 5.74) is 2.52. The molecule has 0 aromatic heterocycles. The normalized spacial score (nSPS) is 10.7. The van der Waals surface area contributed by atoms with E-state index in [1.54, 1.807) is 54.7 Å². The van der Waals surface area contributed by atoms with Crippen molar-refractivity contribution in [1.82, 2.24) is 0 Å². The van der Waals surface area contributed by atoms with Crippen LogP contribution in [0.15, 0.2) is 71.7 Å². The largest absolute Gasteiger partial charge is 0.493 e. The van der Waals surface area contributed by atoms with Crippen molar-refractivity contribution in [2.45, 2.75) is 6.61 Å². The number of hydrogen-bond acceptors (Lipinski definition) is 5. The minimum atomic E-state index is -0.990. The summed E-state index contributed by atoms with van der Waals surface area (Å²) in [5.74, 6) is -0.952. The average Bonchev–Trinajstić information content (AvgIpc) is 2.76. The molecule has 0 unspecified atom stereocenters. The molecular weight excluding hydrogens is 386 g/mol. The number of carbonyl (C=O) groups is 2. The Balaban J connectivity index is 1.70. The molecule has 0 saturated heterocycles. The van der Waals surface area contributed by atoms with Gasteiger partial charge in [-0.2, -0.15) is 0 Å². The van der Waals surface area contributed by atoms with E-state index in [2.05, 4.69) is 4.99 Å². The summed E-state index contributed by atoms with van der Waals surface area (Å²) in [5, 5.41) is 18.0. The van der Waals surface area contributed by atoms with Gasteiger partial charge in [0.25, 0.3) is 0 Å². The van der Waals surface area contributed by atoms with Gasteiger partial charge in [-0.05, 0) is 65.7 Å². The molecule has 7 nitrogen and oxygen atoms in total. The number of benzene rings is 3. The molecule has 3 aromatic carbocycles. The smallest absolute Gasteiger partial charge is 0.335 e. The highest BCUT2D eigenvalue weighted by molar-refractivity contribution is 5.88. The molecule has 3 rings (SSSR count). The Morgan fingerprint density at radius 1 is 0.900 bits per heavy atom. The van der Waals surface area contributed by atoms with E-state index in [9.17, 15) is 9.59 Å². The zero-order valence-corrected chi connectivity index (χ0v) is 16.1. The molecule has 0 fully saturated rings. The lowest BCUT2D eigenvalue weighted by Gasteiger charge is -2.11. The van der Waals surface area contributed by atoms with E-state index < -0.39 is 11.9 Å². The van der Waals surface area contributed by atoms with E-state index in [0.717, 1.165) is 11.1 Å². The fourth-order valence-corrected chi connectivity index (χ4v) is 2.68. The topological polar surface area (TPSA) is 105 Å². The lowest BCUT2D eigenvalue weighted by atomic mass is 10.1. The first-order valence-corrected chi connectivity index (χ1v) is 8.97. The fraction of sp³-hybridized carbons (Fsp3) is 0.0870. The van der Waals surface area contributed by atoms with Gasteiger partial charge in [-0.15, -0.1) is 0 Å². The predicted molar refractivity (Wildman–Crippen MR) is 111 cm³/mol. The van der Waals surface area contributed by atoms with Crippen LogP contribution in [0.2, 0.25) is 0 Å². The molecule has 2 N–H and O–H groups in total. The molecular formula is C23H19NO6. The Kier molecular flexibility index (Phi) is 6.44.